The number of benzene rings is 2. The van der Waals surface area contributed by atoms with Crippen molar-refractivity contribution in [2.75, 3.05) is 19.7 Å². The van der Waals surface area contributed by atoms with Gasteiger partial charge in [-0.15, -0.1) is 0 Å². The molecular formula is C26H30BrClFN3O3. The van der Waals surface area contributed by atoms with Gasteiger partial charge in [-0.05, 0) is 92.4 Å². The molecule has 1 aliphatic rings. The van der Waals surface area contributed by atoms with Gasteiger partial charge in [-0.1, -0.05) is 23.7 Å². The highest BCUT2D eigenvalue weighted by molar-refractivity contribution is 9.10. The van der Waals surface area contributed by atoms with E-state index in [2.05, 4.69) is 21.0 Å². The quantitative estimate of drug-likeness (QED) is 0.331. The van der Waals surface area contributed by atoms with Crippen molar-refractivity contribution in [1.82, 2.24) is 14.7 Å². The standard InChI is InChI=1S/C26H30BrClFN3O3/c1-17(32-22-10-7-19(28)15-21(22)23(27)30-32)34-16-26(18-5-8-20(29)9-6-18)11-13-31(14-12-26)24(33)35-25(2,3)4/h5-10,15,17H,11-14,16H2,1-4H3. The highest BCUT2D eigenvalue weighted by Gasteiger charge is 2.39. The van der Waals surface area contributed by atoms with Crippen LogP contribution in [0.1, 0.15) is 52.3 Å². The second kappa shape index (κ2) is 10.1. The minimum absolute atomic E-state index is 0.282. The van der Waals surface area contributed by atoms with Crippen LogP contribution in [-0.2, 0) is 14.9 Å². The third-order valence-corrected chi connectivity index (χ3v) is 7.22. The average Bonchev–Trinajstić information content (AvgIpc) is 3.13. The van der Waals surface area contributed by atoms with Crippen molar-refractivity contribution in [3.05, 3.63) is 63.5 Å². The number of likely N-dealkylation sites (tertiary alicyclic amines) is 1. The second-order valence-electron chi connectivity index (χ2n) is 10.1. The number of ether oxygens (including phenoxy) is 2. The summed E-state index contributed by atoms with van der Waals surface area (Å²) in [6.45, 7) is 8.97. The third kappa shape index (κ3) is 5.81. The molecule has 0 bridgehead atoms. The molecule has 1 aromatic heterocycles. The summed E-state index contributed by atoms with van der Waals surface area (Å²) < 4.78 is 28.2. The lowest BCUT2D eigenvalue weighted by molar-refractivity contribution is -0.0367. The van der Waals surface area contributed by atoms with E-state index in [-0.39, 0.29) is 23.6 Å². The summed E-state index contributed by atoms with van der Waals surface area (Å²) in [6.07, 6.45) is 0.672. The number of carbonyl (C=O) groups excluding carboxylic acids is 1. The predicted octanol–water partition coefficient (Wildman–Crippen LogP) is 7.10. The summed E-state index contributed by atoms with van der Waals surface area (Å²) in [5, 5.41) is 6.15. The molecule has 1 saturated heterocycles. The van der Waals surface area contributed by atoms with Crippen molar-refractivity contribution in [2.45, 2.75) is 57.8 Å². The topological polar surface area (TPSA) is 56.6 Å². The zero-order valence-corrected chi connectivity index (χ0v) is 22.7. The Labute approximate surface area is 218 Å². The average molecular weight is 567 g/mol. The van der Waals surface area contributed by atoms with E-state index >= 15 is 0 Å². The van der Waals surface area contributed by atoms with E-state index in [1.165, 1.54) is 12.1 Å². The number of fused-ring (bicyclic) bond motifs is 1. The molecule has 0 saturated carbocycles. The van der Waals surface area contributed by atoms with Gasteiger partial charge in [0.25, 0.3) is 0 Å². The number of amides is 1. The monoisotopic (exact) mass is 565 g/mol. The van der Waals surface area contributed by atoms with Crippen molar-refractivity contribution in [2.24, 2.45) is 0 Å². The third-order valence-electron chi connectivity index (χ3n) is 6.40. The SMILES string of the molecule is CC(OCC1(c2ccc(F)cc2)CCN(C(=O)OC(C)(C)C)CC1)n1nc(Br)c2cc(Cl)ccc21. The molecule has 0 spiro atoms. The smallest absolute Gasteiger partial charge is 0.410 e. The zero-order chi connectivity index (χ0) is 25.4. The summed E-state index contributed by atoms with van der Waals surface area (Å²) in [7, 11) is 0. The highest BCUT2D eigenvalue weighted by Crippen LogP contribution is 2.38. The number of halogens is 3. The number of hydrogen-bond donors (Lipinski definition) is 0. The van der Waals surface area contributed by atoms with Gasteiger partial charge in [-0.25, -0.2) is 13.9 Å². The molecule has 1 aliphatic heterocycles. The van der Waals surface area contributed by atoms with Crippen molar-refractivity contribution >= 4 is 44.5 Å². The van der Waals surface area contributed by atoms with E-state index in [0.717, 1.165) is 16.5 Å². The van der Waals surface area contributed by atoms with Crippen LogP contribution in [0.25, 0.3) is 10.9 Å². The van der Waals surface area contributed by atoms with E-state index in [1.54, 1.807) is 4.90 Å². The van der Waals surface area contributed by atoms with Crippen LogP contribution in [0.15, 0.2) is 47.1 Å². The van der Waals surface area contributed by atoms with Crippen LogP contribution < -0.4 is 0 Å². The minimum atomic E-state index is -0.549. The Morgan fingerprint density at radius 2 is 1.86 bits per heavy atom. The number of hydrogen-bond acceptors (Lipinski definition) is 4. The number of aromatic nitrogens is 2. The first-order valence-electron chi connectivity index (χ1n) is 11.7. The maximum Gasteiger partial charge on any atom is 0.410 e. The van der Waals surface area contributed by atoms with Crippen LogP contribution in [0.3, 0.4) is 0 Å². The molecule has 4 rings (SSSR count). The van der Waals surface area contributed by atoms with E-state index in [4.69, 9.17) is 21.1 Å². The first-order chi connectivity index (χ1) is 16.5. The minimum Gasteiger partial charge on any atom is -0.444 e. The Hall–Kier alpha value is -2.16. The molecular weight excluding hydrogens is 537 g/mol. The molecule has 2 heterocycles. The van der Waals surface area contributed by atoms with Gasteiger partial charge < -0.3 is 14.4 Å². The predicted molar refractivity (Wildman–Crippen MR) is 138 cm³/mol. The Bertz CT molecular complexity index is 1200. The van der Waals surface area contributed by atoms with Gasteiger partial charge in [0.05, 0.1) is 12.1 Å². The first-order valence-corrected chi connectivity index (χ1v) is 12.8. The van der Waals surface area contributed by atoms with E-state index in [1.807, 2.05) is 62.7 Å². The molecule has 6 nitrogen and oxygen atoms in total. The molecule has 1 amide bonds. The Morgan fingerprint density at radius 3 is 2.49 bits per heavy atom. The second-order valence-corrected chi connectivity index (χ2v) is 11.2. The van der Waals surface area contributed by atoms with E-state index in [9.17, 15) is 9.18 Å². The fourth-order valence-electron chi connectivity index (χ4n) is 4.47. The van der Waals surface area contributed by atoms with Crippen molar-refractivity contribution in [1.29, 1.82) is 0 Å². The van der Waals surface area contributed by atoms with Gasteiger partial charge in [0.2, 0.25) is 0 Å². The molecule has 0 aliphatic carbocycles. The number of nitrogens with zero attached hydrogens (tertiary/aromatic N) is 3. The van der Waals surface area contributed by atoms with Gasteiger partial charge in [0, 0.05) is 28.9 Å². The van der Waals surface area contributed by atoms with E-state index in [0.29, 0.717) is 42.2 Å². The first kappa shape index (κ1) is 25.9. The summed E-state index contributed by atoms with van der Waals surface area (Å²) in [4.78, 5) is 14.3. The van der Waals surface area contributed by atoms with Gasteiger partial charge in [-0.2, -0.15) is 5.10 Å². The summed E-state index contributed by atoms with van der Waals surface area (Å²) in [6, 6.07) is 12.2. The maximum atomic E-state index is 13.7. The van der Waals surface area contributed by atoms with Gasteiger partial charge in [0.1, 0.15) is 22.2 Å². The summed E-state index contributed by atoms with van der Waals surface area (Å²) in [5.41, 5.74) is 0.980. The molecule has 35 heavy (non-hydrogen) atoms. The lowest BCUT2D eigenvalue weighted by Gasteiger charge is -2.42. The molecule has 0 radical (unpaired) electrons. The lowest BCUT2D eigenvalue weighted by Crippen LogP contribution is -2.48. The van der Waals surface area contributed by atoms with Gasteiger partial charge in [0.15, 0.2) is 0 Å². The van der Waals surface area contributed by atoms with Crippen LogP contribution in [0.5, 0.6) is 0 Å². The van der Waals surface area contributed by atoms with Crippen LogP contribution in [-0.4, -0.2) is 46.1 Å². The maximum absolute atomic E-state index is 13.7. The van der Waals surface area contributed by atoms with Gasteiger partial charge >= 0.3 is 6.09 Å². The fourth-order valence-corrected chi connectivity index (χ4v) is 5.13. The Balaban J connectivity index is 1.54. The van der Waals surface area contributed by atoms with Crippen LogP contribution in [0, 0.1) is 5.82 Å². The molecule has 9 heteroatoms. The Kier molecular flexibility index (Phi) is 7.46. The van der Waals surface area contributed by atoms with Crippen molar-refractivity contribution in [3.63, 3.8) is 0 Å². The molecule has 1 atom stereocenters. The summed E-state index contributed by atoms with van der Waals surface area (Å²) in [5.74, 6) is -0.282. The molecule has 1 fully saturated rings. The number of piperidine rings is 1. The lowest BCUT2D eigenvalue weighted by atomic mass is 9.73. The highest BCUT2D eigenvalue weighted by atomic mass is 79.9. The number of rotatable bonds is 5. The zero-order valence-electron chi connectivity index (χ0n) is 20.4. The van der Waals surface area contributed by atoms with Gasteiger partial charge in [-0.3, -0.25) is 0 Å². The largest absolute Gasteiger partial charge is 0.444 e. The van der Waals surface area contributed by atoms with E-state index < -0.39 is 5.60 Å². The summed E-state index contributed by atoms with van der Waals surface area (Å²) >= 11 is 9.67. The normalized spacial score (nSPS) is 16.9. The van der Waals surface area contributed by atoms with Crippen molar-refractivity contribution in [3.8, 4) is 0 Å². The van der Waals surface area contributed by atoms with Crippen LogP contribution >= 0.6 is 27.5 Å². The Morgan fingerprint density at radius 1 is 1.20 bits per heavy atom. The molecule has 3 aromatic rings. The molecule has 188 valence electrons. The number of carbonyl (C=O) groups is 1. The van der Waals surface area contributed by atoms with Crippen molar-refractivity contribution < 1.29 is 18.7 Å². The molecule has 2 aromatic carbocycles. The fraction of sp³-hybridized carbons (Fsp3) is 0.462. The molecule has 1 unspecified atom stereocenters. The van der Waals surface area contributed by atoms with Crippen LogP contribution in [0.2, 0.25) is 5.02 Å². The van der Waals surface area contributed by atoms with Crippen LogP contribution in [0.4, 0.5) is 9.18 Å². The molecule has 0 N–H and O–H groups in total.